The van der Waals surface area contributed by atoms with Crippen molar-refractivity contribution in [1.29, 1.82) is 0 Å². The summed E-state index contributed by atoms with van der Waals surface area (Å²) in [5, 5.41) is 3.34. The van der Waals surface area contributed by atoms with Crippen LogP contribution in [0.15, 0.2) is 17.1 Å². The van der Waals surface area contributed by atoms with E-state index in [1.165, 1.54) is 186 Å². The SMILES string of the molecule is CCCCCCCCC=CCCCCCCCC(=O)NC(C)[N+]1(C)CCN=C1CCCCCCCCCCCCCCCCCC. The van der Waals surface area contributed by atoms with Crippen LogP contribution >= 0.6 is 0 Å². The van der Waals surface area contributed by atoms with Gasteiger partial charge in [-0.15, -0.1) is 0 Å². The molecule has 1 aliphatic rings. The average molecular weight is 645 g/mol. The van der Waals surface area contributed by atoms with Crippen molar-refractivity contribution in [3.05, 3.63) is 12.2 Å². The Morgan fingerprint density at radius 3 is 1.48 bits per heavy atom. The molecule has 4 heteroatoms. The Balaban J connectivity index is 2.00. The Morgan fingerprint density at radius 1 is 0.630 bits per heavy atom. The summed E-state index contributed by atoms with van der Waals surface area (Å²) in [6, 6.07) is 0. The van der Waals surface area contributed by atoms with E-state index in [2.05, 4.69) is 45.3 Å². The zero-order valence-corrected chi connectivity index (χ0v) is 31.9. The number of amidine groups is 1. The highest BCUT2D eigenvalue weighted by molar-refractivity contribution is 5.78. The second-order valence-corrected chi connectivity index (χ2v) is 14.9. The molecule has 1 rings (SSSR count). The second kappa shape index (κ2) is 31.1. The first-order chi connectivity index (χ1) is 22.5. The molecule has 0 spiro atoms. The number of quaternary nitrogens is 1. The van der Waals surface area contributed by atoms with Crippen molar-refractivity contribution in [3.63, 3.8) is 0 Å². The fraction of sp³-hybridized carbons (Fsp3) is 0.905. The van der Waals surface area contributed by atoms with Crippen LogP contribution < -0.4 is 5.32 Å². The van der Waals surface area contributed by atoms with Crippen molar-refractivity contribution < 1.29 is 9.28 Å². The van der Waals surface area contributed by atoms with Crippen LogP contribution in [0, 0.1) is 0 Å². The summed E-state index contributed by atoms with van der Waals surface area (Å²) < 4.78 is 0.802. The Labute approximate surface area is 289 Å². The van der Waals surface area contributed by atoms with Crippen LogP contribution in [0.3, 0.4) is 0 Å². The van der Waals surface area contributed by atoms with Crippen molar-refractivity contribution >= 4 is 11.7 Å². The molecular formula is C42H82N3O+. The lowest BCUT2D eigenvalue weighted by Gasteiger charge is -2.36. The minimum Gasteiger partial charge on any atom is -0.307 e. The number of nitrogens with one attached hydrogen (secondary N) is 1. The van der Waals surface area contributed by atoms with E-state index in [9.17, 15) is 4.79 Å². The third-order valence-corrected chi connectivity index (χ3v) is 10.6. The Bertz CT molecular complexity index is 747. The molecule has 0 bridgehead atoms. The molecule has 0 saturated heterocycles. The first-order valence-electron chi connectivity index (χ1n) is 20.9. The summed E-state index contributed by atoms with van der Waals surface area (Å²) in [5.74, 6) is 1.53. The zero-order valence-electron chi connectivity index (χ0n) is 31.9. The molecule has 1 N–H and O–H groups in total. The van der Waals surface area contributed by atoms with Crippen LogP contribution in [0.1, 0.15) is 220 Å². The third-order valence-electron chi connectivity index (χ3n) is 10.6. The van der Waals surface area contributed by atoms with E-state index in [4.69, 9.17) is 4.99 Å². The summed E-state index contributed by atoms with van der Waals surface area (Å²) in [6.45, 7) is 8.68. The molecule has 4 nitrogen and oxygen atoms in total. The maximum absolute atomic E-state index is 12.7. The fourth-order valence-electron chi connectivity index (χ4n) is 7.06. The number of aliphatic imine (C=N–C) groups is 1. The molecule has 1 amide bonds. The van der Waals surface area contributed by atoms with E-state index < -0.39 is 0 Å². The van der Waals surface area contributed by atoms with Crippen LogP contribution in [-0.4, -0.2) is 42.5 Å². The molecule has 0 aromatic rings. The minimum atomic E-state index is 0.109. The van der Waals surface area contributed by atoms with Gasteiger partial charge in [0.25, 0.3) is 0 Å². The number of likely N-dealkylation sites (N-methyl/N-ethyl adjacent to an activating group) is 1. The molecular weight excluding hydrogens is 562 g/mol. The van der Waals surface area contributed by atoms with E-state index in [-0.39, 0.29) is 12.1 Å². The lowest BCUT2D eigenvalue weighted by molar-refractivity contribution is -0.843. The van der Waals surface area contributed by atoms with E-state index in [0.29, 0.717) is 6.42 Å². The largest absolute Gasteiger partial charge is 0.307 e. The third kappa shape index (κ3) is 23.2. The van der Waals surface area contributed by atoms with Crippen molar-refractivity contribution in [2.45, 2.75) is 226 Å². The Kier molecular flexibility index (Phi) is 29.0. The number of carbonyl (C=O) groups excluding carboxylic acids is 1. The molecule has 0 aliphatic carbocycles. The summed E-state index contributed by atoms with van der Waals surface area (Å²) in [7, 11) is 2.28. The smallest absolute Gasteiger partial charge is 0.224 e. The van der Waals surface area contributed by atoms with Gasteiger partial charge in [-0.25, -0.2) is 4.99 Å². The maximum atomic E-state index is 12.7. The van der Waals surface area contributed by atoms with Gasteiger partial charge in [-0.05, 0) is 38.5 Å². The molecule has 0 aromatic carbocycles. The number of amides is 1. The highest BCUT2D eigenvalue weighted by Crippen LogP contribution is 2.21. The molecule has 1 aliphatic heterocycles. The van der Waals surface area contributed by atoms with E-state index in [1.807, 2.05) is 0 Å². The monoisotopic (exact) mass is 645 g/mol. The van der Waals surface area contributed by atoms with Gasteiger partial charge in [0.15, 0.2) is 12.0 Å². The van der Waals surface area contributed by atoms with Gasteiger partial charge >= 0.3 is 0 Å². The topological polar surface area (TPSA) is 41.5 Å². The van der Waals surface area contributed by atoms with Crippen LogP contribution in [0.5, 0.6) is 0 Å². The predicted molar refractivity (Wildman–Crippen MR) is 205 cm³/mol. The fourth-order valence-corrected chi connectivity index (χ4v) is 7.06. The molecule has 0 fully saturated rings. The Morgan fingerprint density at radius 2 is 1.02 bits per heavy atom. The van der Waals surface area contributed by atoms with Crippen molar-refractivity contribution in [2.75, 3.05) is 20.1 Å². The number of hydrogen-bond donors (Lipinski definition) is 1. The van der Waals surface area contributed by atoms with Gasteiger partial charge in [0.05, 0.1) is 13.6 Å². The molecule has 270 valence electrons. The summed E-state index contributed by atoms with van der Waals surface area (Å²) in [6.07, 6.45) is 45.9. The van der Waals surface area contributed by atoms with Crippen molar-refractivity contribution in [1.82, 2.24) is 5.32 Å². The average Bonchev–Trinajstić information content (AvgIpc) is 3.43. The highest BCUT2D eigenvalue weighted by atomic mass is 16.1. The first-order valence-corrected chi connectivity index (χ1v) is 20.9. The predicted octanol–water partition coefficient (Wildman–Crippen LogP) is 13.0. The minimum absolute atomic E-state index is 0.109. The number of carbonyl (C=O) groups is 1. The van der Waals surface area contributed by atoms with Crippen LogP contribution in [0.25, 0.3) is 0 Å². The molecule has 46 heavy (non-hydrogen) atoms. The highest BCUT2D eigenvalue weighted by Gasteiger charge is 2.39. The number of unbranched alkanes of at least 4 members (excludes halogenated alkanes) is 26. The standard InChI is InChI=1S/C42H81N3O/c1-5-7-9-11-13-15-17-19-21-23-24-26-28-30-32-34-36-41-43-38-39-45(41,4)40(3)44-42(46)37-35-33-31-29-27-25-22-20-18-16-14-12-10-8-6-2/h20,22,40H,5-19,21,23-39H2,1-4H3/p+1. The van der Waals surface area contributed by atoms with Gasteiger partial charge in [-0.2, -0.15) is 0 Å². The summed E-state index contributed by atoms with van der Waals surface area (Å²) in [4.78, 5) is 17.6. The molecule has 2 unspecified atom stereocenters. The van der Waals surface area contributed by atoms with E-state index in [0.717, 1.165) is 30.4 Å². The quantitative estimate of drug-likeness (QED) is 0.0423. The van der Waals surface area contributed by atoms with Crippen LogP contribution in [0.4, 0.5) is 0 Å². The zero-order chi connectivity index (χ0) is 33.4. The maximum Gasteiger partial charge on any atom is 0.224 e. The number of allylic oxidation sites excluding steroid dienone is 2. The first kappa shape index (κ1) is 42.9. The molecule has 0 radical (unpaired) electrons. The Hall–Kier alpha value is -1.16. The lowest BCUT2D eigenvalue weighted by Crippen LogP contribution is -2.60. The van der Waals surface area contributed by atoms with E-state index >= 15 is 0 Å². The van der Waals surface area contributed by atoms with Gasteiger partial charge < -0.3 is 5.32 Å². The second-order valence-electron chi connectivity index (χ2n) is 14.9. The summed E-state index contributed by atoms with van der Waals surface area (Å²) >= 11 is 0. The normalized spacial score (nSPS) is 17.2. The van der Waals surface area contributed by atoms with Gasteiger partial charge in [0.1, 0.15) is 6.54 Å². The van der Waals surface area contributed by atoms with Crippen molar-refractivity contribution in [2.24, 2.45) is 4.99 Å². The molecule has 1 heterocycles. The van der Waals surface area contributed by atoms with Crippen molar-refractivity contribution in [3.8, 4) is 0 Å². The molecule has 0 aromatic heterocycles. The van der Waals surface area contributed by atoms with E-state index in [1.54, 1.807) is 0 Å². The van der Waals surface area contributed by atoms with Gasteiger partial charge in [-0.3, -0.25) is 9.28 Å². The van der Waals surface area contributed by atoms with Gasteiger partial charge in [0, 0.05) is 19.8 Å². The lowest BCUT2D eigenvalue weighted by atomic mass is 10.0. The number of rotatable bonds is 34. The number of hydrogen-bond acceptors (Lipinski definition) is 2. The van der Waals surface area contributed by atoms with Crippen LogP contribution in [0.2, 0.25) is 0 Å². The summed E-state index contributed by atoms with van der Waals surface area (Å²) in [5.41, 5.74) is 0. The van der Waals surface area contributed by atoms with Gasteiger partial charge in [-0.1, -0.05) is 174 Å². The number of nitrogens with zero attached hydrogens (tertiary/aromatic N) is 2. The molecule has 0 saturated carbocycles. The van der Waals surface area contributed by atoms with Gasteiger partial charge in [0.2, 0.25) is 5.91 Å². The van der Waals surface area contributed by atoms with Crippen LogP contribution in [-0.2, 0) is 4.79 Å². The molecule has 2 atom stereocenters.